The number of sulfonamides is 1. The molecular formula is C22H27N3O5S2. The largest absolute Gasteiger partial charge is 0.497 e. The van der Waals surface area contributed by atoms with Crippen LogP contribution in [0.25, 0.3) is 11.0 Å². The topological polar surface area (TPSA) is 82.9 Å². The minimum Gasteiger partial charge on any atom is -0.497 e. The normalized spacial score (nSPS) is 15.2. The van der Waals surface area contributed by atoms with E-state index in [-0.39, 0.29) is 4.90 Å². The van der Waals surface area contributed by atoms with Crippen molar-refractivity contribution in [2.24, 2.45) is 0 Å². The van der Waals surface area contributed by atoms with Gasteiger partial charge >= 0.3 is 0 Å². The lowest BCUT2D eigenvalue weighted by Crippen LogP contribution is -2.40. The van der Waals surface area contributed by atoms with Crippen LogP contribution in [0.1, 0.15) is 6.92 Å². The number of rotatable bonds is 9. The van der Waals surface area contributed by atoms with E-state index in [9.17, 15) is 8.42 Å². The summed E-state index contributed by atoms with van der Waals surface area (Å²) in [6, 6.07) is 12.7. The zero-order valence-electron chi connectivity index (χ0n) is 18.2. The number of aromatic nitrogens is 2. The second-order valence-corrected chi connectivity index (χ2v) is 10.2. The average molecular weight is 478 g/mol. The number of hydrogen-bond acceptors (Lipinski definition) is 7. The minimum absolute atomic E-state index is 0.270. The number of methoxy groups -OCH3 is 1. The SMILES string of the molecule is CCn1c(SCCOc2ccc(OC)cc2)nc2cc(S(=O)(=O)N3CCOCC3)ccc21. The van der Waals surface area contributed by atoms with Crippen LogP contribution in [0.4, 0.5) is 0 Å². The van der Waals surface area contributed by atoms with Gasteiger partial charge in [-0.05, 0) is 49.4 Å². The van der Waals surface area contributed by atoms with Crippen molar-refractivity contribution in [1.29, 1.82) is 0 Å². The molecule has 3 aromatic rings. The summed E-state index contributed by atoms with van der Waals surface area (Å²) < 4.78 is 45.8. The highest BCUT2D eigenvalue weighted by Crippen LogP contribution is 2.28. The molecule has 0 radical (unpaired) electrons. The first kappa shape index (κ1) is 22.9. The van der Waals surface area contributed by atoms with E-state index in [1.54, 1.807) is 31.0 Å². The van der Waals surface area contributed by atoms with Crippen LogP contribution >= 0.6 is 11.8 Å². The van der Waals surface area contributed by atoms with Crippen LogP contribution in [0.2, 0.25) is 0 Å². The number of hydrogen-bond donors (Lipinski definition) is 0. The zero-order valence-corrected chi connectivity index (χ0v) is 19.8. The third-order valence-corrected chi connectivity index (χ3v) is 8.09. The third kappa shape index (κ3) is 4.88. The summed E-state index contributed by atoms with van der Waals surface area (Å²) in [5.74, 6) is 2.29. The molecule has 0 spiro atoms. The van der Waals surface area contributed by atoms with E-state index in [1.807, 2.05) is 30.3 Å². The van der Waals surface area contributed by atoms with Crippen LogP contribution in [0.3, 0.4) is 0 Å². The molecule has 0 atom stereocenters. The lowest BCUT2D eigenvalue weighted by atomic mass is 10.3. The number of nitrogens with zero attached hydrogens (tertiary/aromatic N) is 3. The second kappa shape index (κ2) is 10.1. The Balaban J connectivity index is 1.46. The first-order valence-corrected chi connectivity index (χ1v) is 12.9. The van der Waals surface area contributed by atoms with Crippen molar-refractivity contribution >= 4 is 32.8 Å². The number of benzene rings is 2. The summed E-state index contributed by atoms with van der Waals surface area (Å²) in [6.07, 6.45) is 0. The maximum Gasteiger partial charge on any atom is 0.243 e. The fourth-order valence-corrected chi connectivity index (χ4v) is 5.89. The summed E-state index contributed by atoms with van der Waals surface area (Å²) in [5, 5.41) is 0.849. The monoisotopic (exact) mass is 477 g/mol. The van der Waals surface area contributed by atoms with Gasteiger partial charge in [0.1, 0.15) is 11.5 Å². The highest BCUT2D eigenvalue weighted by Gasteiger charge is 2.27. The standard InChI is InChI=1S/C22H27N3O5S2/c1-3-25-21-9-8-19(32(26,27)24-10-12-29-13-11-24)16-20(21)23-22(25)31-15-14-30-18-6-4-17(28-2)5-7-18/h4-9,16H,3,10-15H2,1-2H3. The fraction of sp³-hybridized carbons (Fsp3) is 0.409. The van der Waals surface area contributed by atoms with Gasteiger partial charge in [-0.1, -0.05) is 11.8 Å². The van der Waals surface area contributed by atoms with Crippen molar-refractivity contribution in [3.8, 4) is 11.5 Å². The highest BCUT2D eigenvalue weighted by atomic mass is 32.2. The molecule has 172 valence electrons. The molecule has 0 unspecified atom stereocenters. The molecule has 0 amide bonds. The summed E-state index contributed by atoms with van der Waals surface area (Å²) in [7, 11) is -1.92. The van der Waals surface area contributed by atoms with Crippen molar-refractivity contribution in [2.75, 3.05) is 45.8 Å². The van der Waals surface area contributed by atoms with Crippen LogP contribution in [0, 0.1) is 0 Å². The quantitative estimate of drug-likeness (QED) is 0.346. The van der Waals surface area contributed by atoms with Crippen molar-refractivity contribution < 1.29 is 22.6 Å². The van der Waals surface area contributed by atoms with Gasteiger partial charge in [-0.2, -0.15) is 4.31 Å². The first-order chi connectivity index (χ1) is 15.5. The van der Waals surface area contributed by atoms with Gasteiger partial charge < -0.3 is 18.8 Å². The van der Waals surface area contributed by atoms with E-state index >= 15 is 0 Å². The number of ether oxygens (including phenoxy) is 3. The zero-order chi connectivity index (χ0) is 22.6. The van der Waals surface area contributed by atoms with Crippen LogP contribution in [0.15, 0.2) is 52.5 Å². The minimum atomic E-state index is -3.55. The molecule has 2 aromatic carbocycles. The number of imidazole rings is 1. The molecule has 0 bridgehead atoms. The van der Waals surface area contributed by atoms with Crippen molar-refractivity contribution in [3.05, 3.63) is 42.5 Å². The van der Waals surface area contributed by atoms with E-state index in [4.69, 9.17) is 19.2 Å². The van der Waals surface area contributed by atoms with Crippen molar-refractivity contribution in [1.82, 2.24) is 13.9 Å². The highest BCUT2D eigenvalue weighted by molar-refractivity contribution is 7.99. The molecule has 0 N–H and O–H groups in total. The van der Waals surface area contributed by atoms with Gasteiger partial charge in [0.05, 0.1) is 42.9 Å². The van der Waals surface area contributed by atoms with E-state index in [2.05, 4.69) is 11.5 Å². The summed E-state index contributed by atoms with van der Waals surface area (Å²) in [6.45, 7) is 4.92. The number of fused-ring (bicyclic) bond motifs is 1. The molecular weight excluding hydrogens is 450 g/mol. The van der Waals surface area contributed by atoms with E-state index < -0.39 is 10.0 Å². The Labute approximate surface area is 192 Å². The lowest BCUT2D eigenvalue weighted by molar-refractivity contribution is 0.0730. The van der Waals surface area contributed by atoms with Gasteiger partial charge in [-0.3, -0.25) is 0 Å². The number of aryl methyl sites for hydroxylation is 1. The van der Waals surface area contributed by atoms with Gasteiger partial charge in [-0.25, -0.2) is 13.4 Å². The van der Waals surface area contributed by atoms with Crippen LogP contribution in [-0.2, 0) is 21.3 Å². The van der Waals surface area contributed by atoms with Crippen molar-refractivity contribution in [2.45, 2.75) is 23.5 Å². The smallest absolute Gasteiger partial charge is 0.243 e. The Hall–Kier alpha value is -2.27. The van der Waals surface area contributed by atoms with Gasteiger partial charge in [0.25, 0.3) is 0 Å². The lowest BCUT2D eigenvalue weighted by Gasteiger charge is -2.26. The molecule has 1 aromatic heterocycles. The number of morpholine rings is 1. The molecule has 32 heavy (non-hydrogen) atoms. The molecule has 0 aliphatic carbocycles. The van der Waals surface area contributed by atoms with E-state index in [1.165, 1.54) is 4.31 Å². The molecule has 2 heterocycles. The molecule has 4 rings (SSSR count). The van der Waals surface area contributed by atoms with Gasteiger partial charge in [0, 0.05) is 25.4 Å². The molecule has 1 saturated heterocycles. The third-order valence-electron chi connectivity index (χ3n) is 5.25. The van der Waals surface area contributed by atoms with E-state index in [0.29, 0.717) is 44.2 Å². The predicted octanol–water partition coefficient (Wildman–Crippen LogP) is 3.26. The molecule has 1 aliphatic heterocycles. The summed E-state index contributed by atoms with van der Waals surface area (Å²) >= 11 is 1.59. The van der Waals surface area contributed by atoms with Crippen LogP contribution in [0.5, 0.6) is 11.5 Å². The fourth-order valence-electron chi connectivity index (χ4n) is 3.56. The summed E-state index contributed by atoms with van der Waals surface area (Å²) in [4.78, 5) is 4.99. The Morgan fingerprint density at radius 1 is 1.09 bits per heavy atom. The molecule has 8 nitrogen and oxygen atoms in total. The summed E-state index contributed by atoms with van der Waals surface area (Å²) in [5.41, 5.74) is 1.60. The Kier molecular flexibility index (Phi) is 7.24. The van der Waals surface area contributed by atoms with Gasteiger partial charge in [0.2, 0.25) is 10.0 Å². The maximum atomic E-state index is 13.0. The van der Waals surface area contributed by atoms with Gasteiger partial charge in [-0.15, -0.1) is 0 Å². The van der Waals surface area contributed by atoms with Crippen molar-refractivity contribution in [3.63, 3.8) is 0 Å². The Bertz CT molecular complexity index is 1160. The van der Waals surface area contributed by atoms with Gasteiger partial charge in [0.15, 0.2) is 5.16 Å². The maximum absolute atomic E-state index is 13.0. The Morgan fingerprint density at radius 3 is 2.50 bits per heavy atom. The molecule has 0 saturated carbocycles. The second-order valence-electron chi connectivity index (χ2n) is 7.18. The Morgan fingerprint density at radius 2 is 1.81 bits per heavy atom. The van der Waals surface area contributed by atoms with Crippen LogP contribution < -0.4 is 9.47 Å². The van der Waals surface area contributed by atoms with E-state index in [0.717, 1.165) is 28.7 Å². The van der Waals surface area contributed by atoms with Crippen LogP contribution in [-0.4, -0.2) is 68.0 Å². The first-order valence-electron chi connectivity index (χ1n) is 10.5. The molecule has 1 fully saturated rings. The number of thioether (sulfide) groups is 1. The molecule has 10 heteroatoms. The predicted molar refractivity (Wildman–Crippen MR) is 124 cm³/mol. The molecule has 1 aliphatic rings. The average Bonchev–Trinajstić information content (AvgIpc) is 3.19.